The van der Waals surface area contributed by atoms with Crippen LogP contribution in [-0.4, -0.2) is 5.11 Å². The highest BCUT2D eigenvalue weighted by atomic mass is 17.5. The van der Waals surface area contributed by atoms with E-state index >= 15 is 0 Å². The summed E-state index contributed by atoms with van der Waals surface area (Å²) >= 11 is 0. The SMILES string of the molecule is Oc1ccc2c(c1)OOO2. The highest BCUT2D eigenvalue weighted by Gasteiger charge is 2.15. The molecular formula is C6H4O4. The van der Waals surface area contributed by atoms with E-state index in [1.807, 2.05) is 0 Å². The number of phenolic OH excluding ortho intramolecular Hbond substituents is 1. The predicted octanol–water partition coefficient (Wildman–Crippen LogP) is 1.01. The summed E-state index contributed by atoms with van der Waals surface area (Å²) < 4.78 is 0. The molecule has 0 bridgehead atoms. The van der Waals surface area contributed by atoms with E-state index in [4.69, 9.17) is 5.11 Å². The Morgan fingerprint density at radius 1 is 1.10 bits per heavy atom. The first-order valence-electron chi connectivity index (χ1n) is 2.70. The molecule has 52 valence electrons. The monoisotopic (exact) mass is 140 g/mol. The third kappa shape index (κ3) is 0.663. The standard InChI is InChI=1S/C6H4O4/c7-4-1-2-5-6(3-4)9-10-8-5/h1-3,7H. The average molecular weight is 140 g/mol. The van der Waals surface area contributed by atoms with Gasteiger partial charge in [-0.2, -0.15) is 0 Å². The van der Waals surface area contributed by atoms with Gasteiger partial charge >= 0.3 is 0 Å². The average Bonchev–Trinajstić information content (AvgIpc) is 2.33. The van der Waals surface area contributed by atoms with E-state index in [1.54, 1.807) is 6.07 Å². The lowest BCUT2D eigenvalue weighted by Gasteiger charge is -1.89. The molecule has 0 aromatic heterocycles. The van der Waals surface area contributed by atoms with E-state index in [2.05, 4.69) is 14.8 Å². The molecule has 4 nitrogen and oxygen atoms in total. The first-order valence-corrected chi connectivity index (χ1v) is 2.70. The number of benzene rings is 1. The van der Waals surface area contributed by atoms with Gasteiger partial charge in [0.25, 0.3) is 0 Å². The fourth-order valence-electron chi connectivity index (χ4n) is 0.721. The molecular weight excluding hydrogens is 136 g/mol. The Balaban J connectivity index is 2.52. The lowest BCUT2D eigenvalue weighted by molar-refractivity contribution is -0.384. The molecule has 1 heterocycles. The molecule has 0 radical (unpaired) electrons. The Morgan fingerprint density at radius 2 is 1.90 bits per heavy atom. The second kappa shape index (κ2) is 1.78. The van der Waals surface area contributed by atoms with Crippen LogP contribution in [-0.2, 0) is 5.04 Å². The zero-order valence-corrected chi connectivity index (χ0v) is 4.90. The van der Waals surface area contributed by atoms with E-state index in [9.17, 15) is 0 Å². The van der Waals surface area contributed by atoms with Gasteiger partial charge in [0.15, 0.2) is 0 Å². The Hall–Kier alpha value is -1.42. The second-order valence-corrected chi connectivity index (χ2v) is 1.87. The summed E-state index contributed by atoms with van der Waals surface area (Å²) in [6, 6.07) is 4.44. The van der Waals surface area contributed by atoms with Gasteiger partial charge < -0.3 is 5.11 Å². The zero-order valence-electron chi connectivity index (χ0n) is 4.90. The van der Waals surface area contributed by atoms with Gasteiger partial charge in [0, 0.05) is 11.1 Å². The fourth-order valence-corrected chi connectivity index (χ4v) is 0.721. The summed E-state index contributed by atoms with van der Waals surface area (Å²) in [5.41, 5.74) is 0. The number of rotatable bonds is 0. The minimum absolute atomic E-state index is 0.118. The quantitative estimate of drug-likeness (QED) is 0.546. The highest BCUT2D eigenvalue weighted by molar-refractivity contribution is 5.45. The van der Waals surface area contributed by atoms with Crippen LogP contribution in [0.25, 0.3) is 0 Å². The van der Waals surface area contributed by atoms with Crippen LogP contribution in [0, 0.1) is 0 Å². The van der Waals surface area contributed by atoms with Crippen molar-refractivity contribution in [3.63, 3.8) is 0 Å². The summed E-state index contributed by atoms with van der Waals surface area (Å²) in [5, 5.41) is 13.1. The summed E-state index contributed by atoms with van der Waals surface area (Å²) in [6.45, 7) is 0. The van der Waals surface area contributed by atoms with Crippen molar-refractivity contribution in [1.82, 2.24) is 0 Å². The fraction of sp³-hybridized carbons (Fsp3) is 0. The largest absolute Gasteiger partial charge is 0.508 e. The smallest absolute Gasteiger partial charge is 0.219 e. The van der Waals surface area contributed by atoms with Crippen molar-refractivity contribution in [2.24, 2.45) is 0 Å². The predicted molar refractivity (Wildman–Crippen MR) is 30.4 cm³/mol. The molecule has 0 saturated carbocycles. The maximum Gasteiger partial charge on any atom is 0.219 e. The van der Waals surface area contributed by atoms with Crippen molar-refractivity contribution >= 4 is 0 Å². The van der Waals surface area contributed by atoms with Crippen molar-refractivity contribution in [1.29, 1.82) is 0 Å². The van der Waals surface area contributed by atoms with Crippen molar-refractivity contribution < 1.29 is 19.9 Å². The van der Waals surface area contributed by atoms with Crippen LogP contribution in [0.5, 0.6) is 17.2 Å². The second-order valence-electron chi connectivity index (χ2n) is 1.87. The normalized spacial score (nSPS) is 13.6. The third-order valence-corrected chi connectivity index (χ3v) is 1.17. The molecule has 0 spiro atoms. The maximum absolute atomic E-state index is 8.91. The van der Waals surface area contributed by atoms with E-state index in [-0.39, 0.29) is 5.75 Å². The van der Waals surface area contributed by atoms with Crippen LogP contribution in [0.2, 0.25) is 0 Å². The molecule has 0 aliphatic carbocycles. The molecule has 1 aromatic carbocycles. The summed E-state index contributed by atoms with van der Waals surface area (Å²) in [4.78, 5) is 9.02. The summed E-state index contributed by atoms with van der Waals surface area (Å²) in [6.07, 6.45) is 0. The molecule has 0 amide bonds. The van der Waals surface area contributed by atoms with Crippen molar-refractivity contribution in [3.05, 3.63) is 18.2 Å². The lowest BCUT2D eigenvalue weighted by Crippen LogP contribution is -1.87. The van der Waals surface area contributed by atoms with E-state index < -0.39 is 0 Å². The van der Waals surface area contributed by atoms with Crippen LogP contribution in [0.3, 0.4) is 0 Å². The Labute approximate surface area is 56.4 Å². The minimum atomic E-state index is 0.118. The van der Waals surface area contributed by atoms with E-state index in [0.29, 0.717) is 11.5 Å². The van der Waals surface area contributed by atoms with Gasteiger partial charge in [0.1, 0.15) is 5.75 Å². The molecule has 4 heteroatoms. The molecule has 0 fully saturated rings. The Bertz CT molecular complexity index is 258. The van der Waals surface area contributed by atoms with Crippen molar-refractivity contribution in [3.8, 4) is 17.2 Å². The van der Waals surface area contributed by atoms with Gasteiger partial charge in [-0.1, -0.05) is 0 Å². The van der Waals surface area contributed by atoms with Crippen molar-refractivity contribution in [2.75, 3.05) is 0 Å². The van der Waals surface area contributed by atoms with Crippen molar-refractivity contribution in [2.45, 2.75) is 0 Å². The van der Waals surface area contributed by atoms with Gasteiger partial charge in [-0.15, -0.1) is 0 Å². The van der Waals surface area contributed by atoms with Gasteiger partial charge in [-0.25, -0.2) is 0 Å². The van der Waals surface area contributed by atoms with Crippen LogP contribution < -0.4 is 9.78 Å². The van der Waals surface area contributed by atoms with Crippen LogP contribution in [0.1, 0.15) is 0 Å². The maximum atomic E-state index is 8.91. The van der Waals surface area contributed by atoms with E-state index in [0.717, 1.165) is 0 Å². The van der Waals surface area contributed by atoms with Gasteiger partial charge in [-0.05, 0) is 12.1 Å². The molecule has 1 aromatic rings. The van der Waals surface area contributed by atoms with Gasteiger partial charge in [-0.3, -0.25) is 9.78 Å². The Morgan fingerprint density at radius 3 is 2.80 bits per heavy atom. The number of hydrogen-bond acceptors (Lipinski definition) is 4. The van der Waals surface area contributed by atoms with Gasteiger partial charge in [0.2, 0.25) is 11.5 Å². The zero-order chi connectivity index (χ0) is 6.97. The molecule has 1 aliphatic rings. The minimum Gasteiger partial charge on any atom is -0.508 e. The van der Waals surface area contributed by atoms with Crippen LogP contribution >= 0.6 is 0 Å². The molecule has 1 N–H and O–H groups in total. The third-order valence-electron chi connectivity index (χ3n) is 1.17. The summed E-state index contributed by atoms with van der Waals surface area (Å²) in [7, 11) is 0. The van der Waals surface area contributed by atoms with Crippen LogP contribution in [0.15, 0.2) is 18.2 Å². The number of aromatic hydroxyl groups is 1. The van der Waals surface area contributed by atoms with Crippen LogP contribution in [0.4, 0.5) is 0 Å². The molecule has 0 saturated heterocycles. The summed E-state index contributed by atoms with van der Waals surface area (Å²) in [5.74, 6) is 0.977. The molecule has 1 aliphatic heterocycles. The number of fused-ring (bicyclic) bond motifs is 1. The Kier molecular flexibility index (Phi) is 0.956. The topological polar surface area (TPSA) is 47.9 Å². The molecule has 2 rings (SSSR count). The molecule has 0 unspecified atom stereocenters. The lowest BCUT2D eigenvalue weighted by atomic mass is 10.3. The van der Waals surface area contributed by atoms with Gasteiger partial charge in [0.05, 0.1) is 0 Å². The highest BCUT2D eigenvalue weighted by Crippen LogP contribution is 2.34. The molecule has 10 heavy (non-hydrogen) atoms. The first kappa shape index (κ1) is 5.37. The molecule has 0 atom stereocenters. The number of phenols is 1. The first-order chi connectivity index (χ1) is 4.86. The number of hydrogen-bond donors (Lipinski definition) is 1. The van der Waals surface area contributed by atoms with E-state index in [1.165, 1.54) is 12.1 Å².